The molecule has 76 valence electrons. The van der Waals surface area contributed by atoms with Crippen LogP contribution < -0.4 is 0 Å². The normalized spacial score (nSPS) is 25.1. The van der Waals surface area contributed by atoms with Crippen LogP contribution in [-0.2, 0) is 0 Å². The zero-order valence-corrected chi connectivity index (χ0v) is 8.58. The van der Waals surface area contributed by atoms with Gasteiger partial charge in [-0.05, 0) is 13.8 Å². The van der Waals surface area contributed by atoms with Crippen molar-refractivity contribution in [1.82, 2.24) is 9.55 Å². The first-order valence-electron chi connectivity index (χ1n) is 4.19. The number of aromatic carboxylic acids is 1. The van der Waals surface area contributed by atoms with Crippen molar-refractivity contribution in [3.63, 3.8) is 0 Å². The van der Waals surface area contributed by atoms with E-state index in [1.165, 1.54) is 11.8 Å². The van der Waals surface area contributed by atoms with Crippen molar-refractivity contribution in [3.05, 3.63) is 11.4 Å². The molecule has 0 radical (unpaired) electrons. The third-order valence-electron chi connectivity index (χ3n) is 2.30. The zero-order chi connectivity index (χ0) is 10.5. The molecule has 0 aromatic carbocycles. The molecule has 2 rings (SSSR count). The van der Waals surface area contributed by atoms with Crippen LogP contribution in [0, 0.1) is 6.92 Å². The van der Waals surface area contributed by atoms with E-state index in [0.717, 1.165) is 0 Å². The molecule has 0 bridgehead atoms. The third kappa shape index (κ3) is 1.14. The summed E-state index contributed by atoms with van der Waals surface area (Å²) in [6, 6.07) is 0. The van der Waals surface area contributed by atoms with Crippen LogP contribution in [0.1, 0.15) is 29.3 Å². The Hall–Kier alpha value is -1.01. The summed E-state index contributed by atoms with van der Waals surface area (Å²) in [7, 11) is 0. The van der Waals surface area contributed by atoms with E-state index in [1.807, 2.05) is 6.92 Å². The second-order valence-electron chi connectivity index (χ2n) is 3.24. The number of hydrogen-bond donors (Lipinski definition) is 2. The molecule has 0 aliphatic carbocycles. The van der Waals surface area contributed by atoms with Gasteiger partial charge in [-0.3, -0.25) is 4.57 Å². The summed E-state index contributed by atoms with van der Waals surface area (Å²) in [5.41, 5.74) is 0.537. The van der Waals surface area contributed by atoms with Crippen LogP contribution in [0.3, 0.4) is 0 Å². The molecule has 5 nitrogen and oxygen atoms in total. The third-order valence-corrected chi connectivity index (χ3v) is 3.41. The van der Waals surface area contributed by atoms with Crippen LogP contribution >= 0.6 is 11.8 Å². The lowest BCUT2D eigenvalue weighted by molar-refractivity contribution is 0.0688. The highest BCUT2D eigenvalue weighted by molar-refractivity contribution is 8.00. The first kappa shape index (κ1) is 9.54. The van der Waals surface area contributed by atoms with Crippen LogP contribution in [0.15, 0.2) is 5.16 Å². The Morgan fingerprint density at radius 1 is 1.64 bits per heavy atom. The fourth-order valence-corrected chi connectivity index (χ4v) is 2.60. The Labute approximate surface area is 84.8 Å². The molecule has 1 aliphatic heterocycles. The number of carboxylic acid groups (broad SMARTS) is 1. The molecule has 2 heterocycles. The van der Waals surface area contributed by atoms with Gasteiger partial charge in [-0.1, -0.05) is 11.8 Å². The quantitative estimate of drug-likeness (QED) is 0.725. The SMILES string of the molecule is Cc1c(C(=O)O)nc2n1C(O)C(C)S2. The highest BCUT2D eigenvalue weighted by atomic mass is 32.2. The fraction of sp³-hybridized carbons (Fsp3) is 0.500. The standard InChI is InChI=1S/C8H10N2O3S/c1-3-5(7(12)13)9-8-10(3)6(11)4(2)14-8/h4,6,11H,1-2H3,(H,12,13). The molecule has 2 unspecified atom stereocenters. The van der Waals surface area contributed by atoms with Crippen molar-refractivity contribution in [1.29, 1.82) is 0 Å². The number of rotatable bonds is 1. The van der Waals surface area contributed by atoms with E-state index < -0.39 is 12.2 Å². The number of aliphatic hydroxyl groups is 1. The summed E-state index contributed by atoms with van der Waals surface area (Å²) in [6.07, 6.45) is -0.671. The summed E-state index contributed by atoms with van der Waals surface area (Å²) >= 11 is 1.39. The largest absolute Gasteiger partial charge is 0.476 e. The van der Waals surface area contributed by atoms with E-state index in [0.29, 0.717) is 10.9 Å². The van der Waals surface area contributed by atoms with Crippen molar-refractivity contribution >= 4 is 17.7 Å². The molecule has 0 saturated carbocycles. The predicted molar refractivity (Wildman–Crippen MR) is 50.5 cm³/mol. The number of aromatic nitrogens is 2. The molecule has 1 aliphatic rings. The zero-order valence-electron chi connectivity index (χ0n) is 7.76. The Balaban J connectivity index is 2.53. The highest BCUT2D eigenvalue weighted by Crippen LogP contribution is 2.39. The Bertz CT molecular complexity index is 402. The monoisotopic (exact) mass is 214 g/mol. The summed E-state index contributed by atoms with van der Waals surface area (Å²) in [5, 5.41) is 19.2. The number of imidazole rings is 1. The van der Waals surface area contributed by atoms with Crippen LogP contribution in [0.2, 0.25) is 0 Å². The lowest BCUT2D eigenvalue weighted by Gasteiger charge is -2.10. The van der Waals surface area contributed by atoms with Crippen molar-refractivity contribution in [2.75, 3.05) is 0 Å². The van der Waals surface area contributed by atoms with Crippen molar-refractivity contribution < 1.29 is 15.0 Å². The van der Waals surface area contributed by atoms with Gasteiger partial charge in [-0.15, -0.1) is 0 Å². The maximum atomic E-state index is 10.7. The van der Waals surface area contributed by atoms with E-state index in [4.69, 9.17) is 5.11 Å². The number of thioether (sulfide) groups is 1. The van der Waals surface area contributed by atoms with Crippen LogP contribution in [0.4, 0.5) is 0 Å². The maximum Gasteiger partial charge on any atom is 0.356 e. The molecule has 0 amide bonds. The molecule has 1 aromatic rings. The number of fused-ring (bicyclic) bond motifs is 1. The Kier molecular flexibility index (Phi) is 2.04. The molecular formula is C8H10N2O3S. The van der Waals surface area contributed by atoms with Crippen molar-refractivity contribution in [3.8, 4) is 0 Å². The molecule has 2 N–H and O–H groups in total. The second kappa shape index (κ2) is 2.99. The van der Waals surface area contributed by atoms with E-state index in [1.54, 1.807) is 11.5 Å². The Morgan fingerprint density at radius 3 is 2.79 bits per heavy atom. The summed E-state index contributed by atoms with van der Waals surface area (Å²) < 4.78 is 1.57. The van der Waals surface area contributed by atoms with Gasteiger partial charge in [0.15, 0.2) is 10.9 Å². The summed E-state index contributed by atoms with van der Waals surface area (Å²) in [4.78, 5) is 14.7. The van der Waals surface area contributed by atoms with Gasteiger partial charge in [-0.2, -0.15) is 0 Å². The van der Waals surface area contributed by atoms with Crippen LogP contribution in [-0.4, -0.2) is 31.0 Å². The van der Waals surface area contributed by atoms with Gasteiger partial charge in [0.05, 0.1) is 10.9 Å². The van der Waals surface area contributed by atoms with Gasteiger partial charge in [0.2, 0.25) is 0 Å². The summed E-state index contributed by atoms with van der Waals surface area (Å²) in [6.45, 7) is 3.53. The van der Waals surface area contributed by atoms with Crippen LogP contribution in [0.25, 0.3) is 0 Å². The van der Waals surface area contributed by atoms with E-state index in [-0.39, 0.29) is 10.9 Å². The van der Waals surface area contributed by atoms with Gasteiger partial charge in [-0.25, -0.2) is 9.78 Å². The number of aliphatic hydroxyl groups excluding tert-OH is 1. The lowest BCUT2D eigenvalue weighted by atomic mass is 10.3. The molecule has 2 atom stereocenters. The van der Waals surface area contributed by atoms with Gasteiger partial charge < -0.3 is 10.2 Å². The van der Waals surface area contributed by atoms with E-state index >= 15 is 0 Å². The lowest BCUT2D eigenvalue weighted by Crippen LogP contribution is -2.14. The summed E-state index contributed by atoms with van der Waals surface area (Å²) in [5.74, 6) is -1.05. The minimum atomic E-state index is -1.05. The highest BCUT2D eigenvalue weighted by Gasteiger charge is 2.33. The fourth-order valence-electron chi connectivity index (χ4n) is 1.52. The van der Waals surface area contributed by atoms with Gasteiger partial charge in [0.1, 0.15) is 6.23 Å². The minimum absolute atomic E-state index is 0.0263. The second-order valence-corrected chi connectivity index (χ2v) is 4.58. The van der Waals surface area contributed by atoms with E-state index in [9.17, 15) is 9.90 Å². The van der Waals surface area contributed by atoms with Crippen molar-refractivity contribution in [2.24, 2.45) is 0 Å². The molecule has 1 aromatic heterocycles. The smallest absolute Gasteiger partial charge is 0.356 e. The van der Waals surface area contributed by atoms with Gasteiger partial charge in [0.25, 0.3) is 0 Å². The molecule has 0 fully saturated rings. The molecule has 14 heavy (non-hydrogen) atoms. The van der Waals surface area contributed by atoms with Gasteiger partial charge >= 0.3 is 5.97 Å². The predicted octanol–water partition coefficient (Wildman–Crippen LogP) is 0.875. The Morgan fingerprint density at radius 2 is 2.29 bits per heavy atom. The van der Waals surface area contributed by atoms with E-state index in [2.05, 4.69) is 4.98 Å². The molecule has 0 saturated heterocycles. The first-order valence-corrected chi connectivity index (χ1v) is 5.07. The number of carboxylic acids is 1. The average Bonchev–Trinajstić information content (AvgIpc) is 2.54. The van der Waals surface area contributed by atoms with Gasteiger partial charge in [0, 0.05) is 0 Å². The average molecular weight is 214 g/mol. The molecule has 0 spiro atoms. The van der Waals surface area contributed by atoms with Crippen molar-refractivity contribution in [2.45, 2.75) is 30.5 Å². The minimum Gasteiger partial charge on any atom is -0.476 e. The topological polar surface area (TPSA) is 75.3 Å². The maximum absolute atomic E-state index is 10.7. The van der Waals surface area contributed by atoms with Crippen LogP contribution in [0.5, 0.6) is 0 Å². The number of hydrogen-bond acceptors (Lipinski definition) is 4. The molecular weight excluding hydrogens is 204 g/mol. The molecule has 6 heteroatoms. The number of carbonyl (C=O) groups is 1. The first-order chi connectivity index (χ1) is 6.52. The number of nitrogens with zero attached hydrogens (tertiary/aromatic N) is 2.